The van der Waals surface area contributed by atoms with Gasteiger partial charge in [0.1, 0.15) is 5.69 Å². The number of aryl methyl sites for hydroxylation is 2. The number of carboxylic acid groups (broad SMARTS) is 1. The Labute approximate surface area is 122 Å². The van der Waals surface area contributed by atoms with Crippen molar-refractivity contribution in [2.24, 2.45) is 7.05 Å². The van der Waals surface area contributed by atoms with Crippen LogP contribution in [0.15, 0.2) is 36.5 Å². The largest absolute Gasteiger partial charge is 0.481 e. The zero-order valence-corrected chi connectivity index (χ0v) is 12.0. The van der Waals surface area contributed by atoms with Crippen molar-refractivity contribution < 1.29 is 14.7 Å². The first-order valence-corrected chi connectivity index (χ1v) is 6.58. The van der Waals surface area contributed by atoms with Crippen LogP contribution in [0.4, 0.5) is 5.69 Å². The number of rotatable bonds is 5. The Hall–Kier alpha value is -2.63. The van der Waals surface area contributed by atoms with E-state index in [4.69, 9.17) is 5.11 Å². The molecule has 0 fully saturated rings. The van der Waals surface area contributed by atoms with E-state index < -0.39 is 5.97 Å². The monoisotopic (exact) mass is 287 g/mol. The highest BCUT2D eigenvalue weighted by atomic mass is 16.4. The molecule has 0 aliphatic heterocycles. The quantitative estimate of drug-likeness (QED) is 0.910. The molecule has 0 bridgehead atoms. The fraction of sp³-hybridized carbons (Fsp3) is 0.267. The highest BCUT2D eigenvalue weighted by Gasteiger charge is 2.22. The minimum absolute atomic E-state index is 0.113. The number of carboxylic acids is 1. The lowest BCUT2D eigenvalue weighted by Crippen LogP contribution is -2.34. The molecule has 1 heterocycles. The molecule has 110 valence electrons. The van der Waals surface area contributed by atoms with Gasteiger partial charge in [0.05, 0.1) is 6.42 Å². The average molecular weight is 287 g/mol. The minimum Gasteiger partial charge on any atom is -0.481 e. The molecule has 0 unspecified atom stereocenters. The van der Waals surface area contributed by atoms with E-state index in [0.29, 0.717) is 11.4 Å². The highest BCUT2D eigenvalue weighted by Crippen LogP contribution is 2.21. The predicted octanol–water partition coefficient (Wildman–Crippen LogP) is 1.85. The van der Waals surface area contributed by atoms with Gasteiger partial charge in [0, 0.05) is 25.5 Å². The first kappa shape index (κ1) is 14.8. The van der Waals surface area contributed by atoms with E-state index in [9.17, 15) is 9.59 Å². The minimum atomic E-state index is -0.939. The lowest BCUT2D eigenvalue weighted by Gasteiger charge is -2.23. The summed E-state index contributed by atoms with van der Waals surface area (Å²) in [6.45, 7) is 2.00. The van der Waals surface area contributed by atoms with Crippen LogP contribution in [0.1, 0.15) is 22.5 Å². The van der Waals surface area contributed by atoms with Gasteiger partial charge >= 0.3 is 5.97 Å². The molecule has 1 N–H and O–H groups in total. The van der Waals surface area contributed by atoms with E-state index in [0.717, 1.165) is 5.56 Å². The number of hydrogen-bond acceptors (Lipinski definition) is 3. The molecule has 2 aromatic rings. The van der Waals surface area contributed by atoms with Crippen LogP contribution in [0.5, 0.6) is 0 Å². The lowest BCUT2D eigenvalue weighted by molar-refractivity contribution is -0.136. The molecule has 0 aliphatic carbocycles. The zero-order chi connectivity index (χ0) is 15.4. The predicted molar refractivity (Wildman–Crippen MR) is 78.3 cm³/mol. The summed E-state index contributed by atoms with van der Waals surface area (Å²) in [7, 11) is 1.68. The van der Waals surface area contributed by atoms with Gasteiger partial charge in [-0.1, -0.05) is 18.2 Å². The fourth-order valence-corrected chi connectivity index (χ4v) is 2.13. The Morgan fingerprint density at radius 1 is 1.29 bits per heavy atom. The van der Waals surface area contributed by atoms with Crippen LogP contribution in [0.3, 0.4) is 0 Å². The number of aliphatic carboxylic acids is 1. The van der Waals surface area contributed by atoms with Crippen molar-refractivity contribution in [3.8, 4) is 0 Å². The SMILES string of the molecule is Cc1ccccc1N(CCC(=O)O)C(=O)c1ccnn1C. The number of hydrogen-bond donors (Lipinski definition) is 1. The first-order valence-electron chi connectivity index (χ1n) is 6.58. The third kappa shape index (κ3) is 3.28. The summed E-state index contributed by atoms with van der Waals surface area (Å²) in [5.74, 6) is -1.20. The van der Waals surface area contributed by atoms with Gasteiger partial charge in [-0.3, -0.25) is 14.3 Å². The lowest BCUT2D eigenvalue weighted by atomic mass is 10.1. The van der Waals surface area contributed by atoms with E-state index in [1.54, 1.807) is 19.3 Å². The van der Waals surface area contributed by atoms with Gasteiger partial charge in [0.2, 0.25) is 0 Å². The molecule has 1 aromatic carbocycles. The molecule has 1 amide bonds. The van der Waals surface area contributed by atoms with E-state index in [2.05, 4.69) is 5.10 Å². The van der Waals surface area contributed by atoms with E-state index in [-0.39, 0.29) is 18.9 Å². The van der Waals surface area contributed by atoms with Gasteiger partial charge in [0.15, 0.2) is 0 Å². The number of nitrogens with zero attached hydrogens (tertiary/aromatic N) is 3. The summed E-state index contributed by atoms with van der Waals surface area (Å²) in [5.41, 5.74) is 2.05. The molecular weight excluding hydrogens is 270 g/mol. The van der Waals surface area contributed by atoms with Crippen LogP contribution in [0.25, 0.3) is 0 Å². The molecule has 0 radical (unpaired) electrons. The molecule has 6 heteroatoms. The number of carbonyl (C=O) groups excluding carboxylic acids is 1. The molecule has 2 rings (SSSR count). The molecule has 0 atom stereocenters. The van der Waals surface area contributed by atoms with Crippen molar-refractivity contribution in [2.75, 3.05) is 11.4 Å². The Morgan fingerprint density at radius 3 is 2.57 bits per heavy atom. The van der Waals surface area contributed by atoms with E-state index >= 15 is 0 Å². The number of amides is 1. The maximum Gasteiger partial charge on any atom is 0.305 e. The highest BCUT2D eigenvalue weighted by molar-refractivity contribution is 6.05. The van der Waals surface area contributed by atoms with E-state index in [1.165, 1.54) is 9.58 Å². The van der Waals surface area contributed by atoms with Crippen molar-refractivity contribution in [3.05, 3.63) is 47.8 Å². The van der Waals surface area contributed by atoms with Crippen LogP contribution >= 0.6 is 0 Å². The summed E-state index contributed by atoms with van der Waals surface area (Å²) in [6, 6.07) is 9.02. The topological polar surface area (TPSA) is 75.4 Å². The second kappa shape index (κ2) is 6.21. The third-order valence-electron chi connectivity index (χ3n) is 3.24. The van der Waals surface area contributed by atoms with Gasteiger partial charge in [-0.25, -0.2) is 0 Å². The molecule has 0 saturated carbocycles. The smallest absolute Gasteiger partial charge is 0.305 e. The van der Waals surface area contributed by atoms with Gasteiger partial charge in [-0.15, -0.1) is 0 Å². The standard InChI is InChI=1S/C15H17N3O3/c1-11-5-3-4-6-12(11)18(10-8-14(19)20)15(21)13-7-9-16-17(13)2/h3-7,9H,8,10H2,1-2H3,(H,19,20). The summed E-state index contributed by atoms with van der Waals surface area (Å²) >= 11 is 0. The van der Waals surface area contributed by atoms with Crippen molar-refractivity contribution in [2.45, 2.75) is 13.3 Å². The van der Waals surface area contributed by atoms with Crippen molar-refractivity contribution >= 4 is 17.6 Å². The molecule has 1 aromatic heterocycles. The summed E-state index contributed by atoms with van der Waals surface area (Å²) < 4.78 is 1.48. The van der Waals surface area contributed by atoms with E-state index in [1.807, 2.05) is 31.2 Å². The van der Waals surface area contributed by atoms with Gasteiger partial charge in [0.25, 0.3) is 5.91 Å². The molecule has 21 heavy (non-hydrogen) atoms. The van der Waals surface area contributed by atoms with Crippen molar-refractivity contribution in [1.82, 2.24) is 9.78 Å². The van der Waals surface area contributed by atoms with Crippen LogP contribution in [-0.4, -0.2) is 33.3 Å². The maximum atomic E-state index is 12.7. The van der Waals surface area contributed by atoms with Gasteiger partial charge in [-0.2, -0.15) is 5.10 Å². The normalized spacial score (nSPS) is 10.4. The van der Waals surface area contributed by atoms with Crippen LogP contribution in [-0.2, 0) is 11.8 Å². The third-order valence-corrected chi connectivity index (χ3v) is 3.24. The fourth-order valence-electron chi connectivity index (χ4n) is 2.13. The Morgan fingerprint density at radius 2 is 2.00 bits per heavy atom. The first-order chi connectivity index (χ1) is 10.0. The summed E-state index contributed by atoms with van der Waals surface area (Å²) in [4.78, 5) is 25.0. The van der Waals surface area contributed by atoms with Gasteiger partial charge < -0.3 is 10.0 Å². The maximum absolute atomic E-state index is 12.7. The molecular formula is C15H17N3O3. The summed E-state index contributed by atoms with van der Waals surface area (Å²) in [6.07, 6.45) is 1.43. The molecule has 6 nitrogen and oxygen atoms in total. The zero-order valence-electron chi connectivity index (χ0n) is 12.0. The summed E-state index contributed by atoms with van der Waals surface area (Å²) in [5, 5.41) is 12.9. The van der Waals surface area contributed by atoms with Crippen LogP contribution < -0.4 is 4.90 Å². The van der Waals surface area contributed by atoms with Crippen LogP contribution in [0.2, 0.25) is 0 Å². The number of benzene rings is 1. The number of aromatic nitrogens is 2. The average Bonchev–Trinajstić information content (AvgIpc) is 2.86. The molecule has 0 aliphatic rings. The Bertz CT molecular complexity index is 664. The molecule has 0 spiro atoms. The number of para-hydroxylation sites is 1. The second-order valence-electron chi connectivity index (χ2n) is 4.73. The Balaban J connectivity index is 2.37. The van der Waals surface area contributed by atoms with Crippen LogP contribution in [0, 0.1) is 6.92 Å². The van der Waals surface area contributed by atoms with Crippen molar-refractivity contribution in [1.29, 1.82) is 0 Å². The number of carbonyl (C=O) groups is 2. The van der Waals surface area contributed by atoms with Crippen molar-refractivity contribution in [3.63, 3.8) is 0 Å². The molecule has 0 saturated heterocycles. The second-order valence-corrected chi connectivity index (χ2v) is 4.73. The Kier molecular flexibility index (Phi) is 4.37. The van der Waals surface area contributed by atoms with Gasteiger partial charge in [-0.05, 0) is 24.6 Å². The number of anilines is 1.